The number of rotatable bonds is 8. The lowest BCUT2D eigenvalue weighted by molar-refractivity contribution is -0.160. The molecule has 0 bridgehead atoms. The van der Waals surface area contributed by atoms with Crippen molar-refractivity contribution in [2.45, 2.75) is 32.6 Å². The molecule has 0 aliphatic heterocycles. The molecule has 0 aliphatic carbocycles. The second kappa shape index (κ2) is 9.46. The first-order valence-corrected chi connectivity index (χ1v) is 8.32. The number of amides is 1. The molecule has 2 atom stereocenters. The number of ether oxygens (including phenoxy) is 3. The van der Waals surface area contributed by atoms with Crippen LogP contribution < -0.4 is 14.8 Å². The molecule has 2 aromatic carbocycles. The summed E-state index contributed by atoms with van der Waals surface area (Å²) in [5.41, 5.74) is 0.915. The Bertz CT molecular complexity index is 715. The van der Waals surface area contributed by atoms with E-state index in [1.54, 1.807) is 26.2 Å². The summed E-state index contributed by atoms with van der Waals surface area (Å²) >= 11 is 0. The van der Waals surface area contributed by atoms with Crippen LogP contribution in [0.25, 0.3) is 0 Å². The fraction of sp³-hybridized carbons (Fsp3) is 0.300. The van der Waals surface area contributed by atoms with Gasteiger partial charge >= 0.3 is 5.97 Å². The molecule has 0 radical (unpaired) electrons. The van der Waals surface area contributed by atoms with Crippen molar-refractivity contribution in [1.82, 2.24) is 5.32 Å². The molecule has 2 rings (SSSR count). The number of hydrogen-bond donors (Lipinski definition) is 1. The van der Waals surface area contributed by atoms with E-state index in [2.05, 4.69) is 5.32 Å². The molecule has 6 heteroatoms. The van der Waals surface area contributed by atoms with E-state index in [-0.39, 0.29) is 5.91 Å². The Balaban J connectivity index is 1.78. The van der Waals surface area contributed by atoms with Gasteiger partial charge in [-0.15, -0.1) is 0 Å². The SMILES string of the molecule is COc1ccc(CNC(=O)[C@H](C)OC(=O)[C@H](C)Oc2ccccc2)cc1. The van der Waals surface area contributed by atoms with Gasteiger partial charge in [0.1, 0.15) is 11.5 Å². The maximum atomic E-state index is 12.1. The van der Waals surface area contributed by atoms with E-state index in [9.17, 15) is 9.59 Å². The van der Waals surface area contributed by atoms with Gasteiger partial charge in [-0.25, -0.2) is 4.79 Å². The molecule has 0 fully saturated rings. The predicted molar refractivity (Wildman–Crippen MR) is 96.9 cm³/mol. The minimum atomic E-state index is -0.914. The molecule has 0 aromatic heterocycles. The van der Waals surface area contributed by atoms with Gasteiger partial charge < -0.3 is 19.5 Å². The number of carbonyl (C=O) groups is 2. The lowest BCUT2D eigenvalue weighted by Crippen LogP contribution is -2.38. The van der Waals surface area contributed by atoms with Crippen molar-refractivity contribution in [2.75, 3.05) is 7.11 Å². The number of nitrogens with one attached hydrogen (secondary N) is 1. The maximum absolute atomic E-state index is 12.1. The highest BCUT2D eigenvalue weighted by molar-refractivity contribution is 5.84. The van der Waals surface area contributed by atoms with Gasteiger partial charge in [0, 0.05) is 6.54 Å². The molecule has 1 N–H and O–H groups in total. The number of benzene rings is 2. The van der Waals surface area contributed by atoms with Gasteiger partial charge in [0.25, 0.3) is 5.91 Å². The third kappa shape index (κ3) is 5.81. The third-order valence-corrected chi connectivity index (χ3v) is 3.68. The molecular formula is C20H23NO5. The summed E-state index contributed by atoms with van der Waals surface area (Å²) in [5.74, 6) is 0.338. The predicted octanol–water partition coefficient (Wildman–Crippen LogP) is 2.71. The van der Waals surface area contributed by atoms with E-state index in [1.165, 1.54) is 6.92 Å². The van der Waals surface area contributed by atoms with Gasteiger partial charge in [-0.2, -0.15) is 0 Å². The molecule has 0 unspecified atom stereocenters. The quantitative estimate of drug-likeness (QED) is 0.736. The van der Waals surface area contributed by atoms with E-state index in [0.29, 0.717) is 12.3 Å². The summed E-state index contributed by atoms with van der Waals surface area (Å²) in [4.78, 5) is 24.2. The Hall–Kier alpha value is -3.02. The highest BCUT2D eigenvalue weighted by Crippen LogP contribution is 2.13. The summed E-state index contributed by atoms with van der Waals surface area (Å²) in [6, 6.07) is 16.3. The fourth-order valence-electron chi connectivity index (χ4n) is 2.15. The van der Waals surface area contributed by atoms with Crippen molar-refractivity contribution in [3.63, 3.8) is 0 Å². The number of para-hydroxylation sites is 1. The summed E-state index contributed by atoms with van der Waals surface area (Å²) in [6.07, 6.45) is -1.73. The molecule has 0 spiro atoms. The van der Waals surface area contributed by atoms with Crippen LogP contribution in [0.5, 0.6) is 11.5 Å². The molecular weight excluding hydrogens is 334 g/mol. The van der Waals surface area contributed by atoms with E-state index in [4.69, 9.17) is 14.2 Å². The zero-order valence-electron chi connectivity index (χ0n) is 15.1. The molecule has 1 amide bonds. The number of carbonyl (C=O) groups excluding carboxylic acids is 2. The summed E-state index contributed by atoms with van der Waals surface area (Å²) in [6.45, 7) is 3.44. The standard InChI is InChI=1S/C20H23NO5/c1-14(19(22)21-13-16-9-11-17(24-3)12-10-16)26-20(23)15(2)25-18-7-5-4-6-8-18/h4-12,14-15H,13H2,1-3H3,(H,21,22)/t14-,15-/m0/s1. The van der Waals surface area contributed by atoms with Crippen molar-refractivity contribution in [3.05, 3.63) is 60.2 Å². The van der Waals surface area contributed by atoms with Gasteiger partial charge in [0.05, 0.1) is 7.11 Å². The van der Waals surface area contributed by atoms with Crippen LogP contribution in [-0.4, -0.2) is 31.2 Å². The van der Waals surface area contributed by atoms with Crippen LogP contribution in [0.4, 0.5) is 0 Å². The van der Waals surface area contributed by atoms with Crippen molar-refractivity contribution in [3.8, 4) is 11.5 Å². The second-order valence-corrected chi connectivity index (χ2v) is 5.72. The van der Waals surface area contributed by atoms with Gasteiger partial charge in [0.2, 0.25) is 0 Å². The first-order chi connectivity index (χ1) is 12.5. The molecule has 138 valence electrons. The van der Waals surface area contributed by atoms with Gasteiger partial charge in [-0.3, -0.25) is 4.79 Å². The molecule has 26 heavy (non-hydrogen) atoms. The molecule has 0 saturated carbocycles. The second-order valence-electron chi connectivity index (χ2n) is 5.72. The zero-order valence-corrected chi connectivity index (χ0v) is 15.1. The molecule has 6 nitrogen and oxygen atoms in total. The minimum absolute atomic E-state index is 0.334. The monoisotopic (exact) mass is 357 g/mol. The van der Waals surface area contributed by atoms with E-state index in [0.717, 1.165) is 11.3 Å². The lowest BCUT2D eigenvalue weighted by Gasteiger charge is -2.17. The maximum Gasteiger partial charge on any atom is 0.347 e. The minimum Gasteiger partial charge on any atom is -0.497 e. The molecule has 2 aromatic rings. The molecule has 0 heterocycles. The largest absolute Gasteiger partial charge is 0.497 e. The molecule has 0 saturated heterocycles. The smallest absolute Gasteiger partial charge is 0.347 e. The van der Waals surface area contributed by atoms with Crippen molar-refractivity contribution in [1.29, 1.82) is 0 Å². The average Bonchev–Trinajstić information content (AvgIpc) is 2.67. The summed E-state index contributed by atoms with van der Waals surface area (Å²) < 4.78 is 15.7. The summed E-state index contributed by atoms with van der Waals surface area (Å²) in [5, 5.41) is 2.73. The lowest BCUT2D eigenvalue weighted by atomic mass is 10.2. The Kier molecular flexibility index (Phi) is 7.02. The third-order valence-electron chi connectivity index (χ3n) is 3.68. The van der Waals surface area contributed by atoms with Gasteiger partial charge in [0.15, 0.2) is 12.2 Å². The normalized spacial score (nSPS) is 12.6. The summed E-state index contributed by atoms with van der Waals surface area (Å²) in [7, 11) is 1.59. The molecule has 0 aliphatic rings. The van der Waals surface area contributed by atoms with Crippen LogP contribution >= 0.6 is 0 Å². The Morgan fingerprint density at radius 3 is 2.19 bits per heavy atom. The van der Waals surface area contributed by atoms with E-state index >= 15 is 0 Å². The van der Waals surface area contributed by atoms with E-state index in [1.807, 2.05) is 42.5 Å². The average molecular weight is 357 g/mol. The van der Waals surface area contributed by atoms with Crippen molar-refractivity contribution >= 4 is 11.9 Å². The van der Waals surface area contributed by atoms with Crippen LogP contribution in [-0.2, 0) is 20.9 Å². The van der Waals surface area contributed by atoms with Crippen LogP contribution in [0.15, 0.2) is 54.6 Å². The Morgan fingerprint density at radius 2 is 1.58 bits per heavy atom. The van der Waals surface area contributed by atoms with E-state index < -0.39 is 18.2 Å². The topological polar surface area (TPSA) is 73.9 Å². The Morgan fingerprint density at radius 1 is 0.923 bits per heavy atom. The van der Waals surface area contributed by atoms with Crippen LogP contribution in [0.1, 0.15) is 19.4 Å². The highest BCUT2D eigenvalue weighted by Gasteiger charge is 2.23. The van der Waals surface area contributed by atoms with Crippen molar-refractivity contribution < 1.29 is 23.8 Å². The fourth-order valence-corrected chi connectivity index (χ4v) is 2.15. The first-order valence-electron chi connectivity index (χ1n) is 8.32. The van der Waals surface area contributed by atoms with Crippen LogP contribution in [0, 0.1) is 0 Å². The number of esters is 1. The number of methoxy groups -OCH3 is 1. The van der Waals surface area contributed by atoms with Gasteiger partial charge in [-0.05, 0) is 43.7 Å². The number of hydrogen-bond acceptors (Lipinski definition) is 5. The first kappa shape index (κ1) is 19.3. The Labute approximate surface area is 153 Å². The highest BCUT2D eigenvalue weighted by atomic mass is 16.6. The van der Waals surface area contributed by atoms with Crippen LogP contribution in [0.2, 0.25) is 0 Å². The zero-order chi connectivity index (χ0) is 18.9. The van der Waals surface area contributed by atoms with Crippen LogP contribution in [0.3, 0.4) is 0 Å². The van der Waals surface area contributed by atoms with Crippen molar-refractivity contribution in [2.24, 2.45) is 0 Å². The van der Waals surface area contributed by atoms with Gasteiger partial charge in [-0.1, -0.05) is 30.3 Å².